The van der Waals surface area contributed by atoms with Crippen LogP contribution >= 0.6 is 11.8 Å². The van der Waals surface area contributed by atoms with E-state index in [1.165, 1.54) is 17.3 Å². The first-order valence-corrected chi connectivity index (χ1v) is 11.7. The number of hydrogen-bond donors (Lipinski definition) is 1. The number of carbonyl (C=O) groups excluding carboxylic acids is 1. The molecule has 2 heterocycles. The Labute approximate surface area is 197 Å². The molecule has 2 aromatic heterocycles. The van der Waals surface area contributed by atoms with Crippen LogP contribution in [0.4, 0.5) is 5.69 Å². The first kappa shape index (κ1) is 22.7. The number of nitrogens with zero attached hydrogens (tertiary/aromatic N) is 3. The normalized spacial score (nSPS) is 11.8. The van der Waals surface area contributed by atoms with Crippen LogP contribution in [0.1, 0.15) is 31.7 Å². The summed E-state index contributed by atoms with van der Waals surface area (Å²) in [5.74, 6) is 2.49. The highest BCUT2D eigenvalue weighted by Gasteiger charge is 2.19. The molecule has 0 saturated carbocycles. The van der Waals surface area contributed by atoms with E-state index in [2.05, 4.69) is 41.5 Å². The number of ether oxygens (including phenoxy) is 1. The molecule has 4 aromatic rings. The van der Waals surface area contributed by atoms with Crippen LogP contribution in [0.25, 0.3) is 17.3 Å². The summed E-state index contributed by atoms with van der Waals surface area (Å²) in [7, 11) is 1.62. The molecule has 170 valence electrons. The number of methoxy groups -OCH3 is 1. The van der Waals surface area contributed by atoms with Crippen molar-refractivity contribution in [1.82, 2.24) is 14.8 Å². The summed E-state index contributed by atoms with van der Waals surface area (Å²) in [4.78, 5) is 12.6. The summed E-state index contributed by atoms with van der Waals surface area (Å²) in [6, 6.07) is 19.2. The molecule has 1 N–H and O–H groups in total. The van der Waals surface area contributed by atoms with E-state index in [9.17, 15) is 4.79 Å². The third-order valence-electron chi connectivity index (χ3n) is 5.41. The molecular formula is C25H26N4O3S. The number of hydrogen-bond acceptors (Lipinski definition) is 6. The van der Waals surface area contributed by atoms with Gasteiger partial charge in [-0.2, -0.15) is 0 Å². The SMILES string of the molecule is CC[C@@H](C)c1ccc(NC(=O)CSc2nnc(-c3ccco3)n2-c2ccc(OC)cc2)cc1. The van der Waals surface area contributed by atoms with E-state index in [1.54, 1.807) is 19.4 Å². The minimum atomic E-state index is -0.111. The Morgan fingerprint density at radius 2 is 1.88 bits per heavy atom. The zero-order chi connectivity index (χ0) is 23.2. The minimum Gasteiger partial charge on any atom is -0.497 e. The van der Waals surface area contributed by atoms with Gasteiger partial charge in [-0.05, 0) is 66.4 Å². The van der Waals surface area contributed by atoms with Crippen molar-refractivity contribution in [2.75, 3.05) is 18.2 Å². The fraction of sp³-hybridized carbons (Fsp3) is 0.240. The fourth-order valence-electron chi connectivity index (χ4n) is 3.35. The number of nitrogens with one attached hydrogen (secondary N) is 1. The van der Waals surface area contributed by atoms with E-state index in [0.29, 0.717) is 22.7 Å². The van der Waals surface area contributed by atoms with Crippen LogP contribution < -0.4 is 10.1 Å². The third-order valence-corrected chi connectivity index (χ3v) is 6.34. The lowest BCUT2D eigenvalue weighted by Crippen LogP contribution is -2.14. The molecule has 4 rings (SSSR count). The predicted molar refractivity (Wildman–Crippen MR) is 130 cm³/mol. The van der Waals surface area contributed by atoms with Gasteiger partial charge in [-0.1, -0.05) is 37.7 Å². The molecule has 0 aliphatic carbocycles. The van der Waals surface area contributed by atoms with Crippen LogP contribution in [0.3, 0.4) is 0 Å². The van der Waals surface area contributed by atoms with Crippen LogP contribution in [0.2, 0.25) is 0 Å². The summed E-state index contributed by atoms with van der Waals surface area (Å²) in [6.07, 6.45) is 2.67. The third kappa shape index (κ3) is 5.28. The Bertz CT molecular complexity index is 1190. The highest BCUT2D eigenvalue weighted by atomic mass is 32.2. The van der Waals surface area contributed by atoms with Crippen molar-refractivity contribution in [3.8, 4) is 23.0 Å². The van der Waals surface area contributed by atoms with Crippen molar-refractivity contribution in [3.05, 3.63) is 72.5 Å². The zero-order valence-electron chi connectivity index (χ0n) is 18.8. The first-order chi connectivity index (χ1) is 16.1. The Morgan fingerprint density at radius 3 is 2.52 bits per heavy atom. The topological polar surface area (TPSA) is 82.2 Å². The van der Waals surface area contributed by atoms with Gasteiger partial charge in [0.1, 0.15) is 5.75 Å². The number of amides is 1. The van der Waals surface area contributed by atoms with Crippen LogP contribution in [0, 0.1) is 0 Å². The van der Waals surface area contributed by atoms with Gasteiger partial charge in [0, 0.05) is 5.69 Å². The second-order valence-electron chi connectivity index (χ2n) is 7.59. The summed E-state index contributed by atoms with van der Waals surface area (Å²) < 4.78 is 12.7. The van der Waals surface area contributed by atoms with E-state index in [4.69, 9.17) is 9.15 Å². The number of aromatic nitrogens is 3. The summed E-state index contributed by atoms with van der Waals surface area (Å²) >= 11 is 1.31. The standard InChI is InChI=1S/C25H26N4O3S/c1-4-17(2)18-7-9-19(10-8-18)26-23(30)16-33-25-28-27-24(22-6-5-15-32-22)29(25)20-11-13-21(31-3)14-12-20/h5-15,17H,4,16H2,1-3H3,(H,26,30)/t17-/m1/s1. The van der Waals surface area contributed by atoms with Gasteiger partial charge in [0.2, 0.25) is 11.7 Å². The minimum absolute atomic E-state index is 0.111. The van der Waals surface area contributed by atoms with Gasteiger partial charge in [0.25, 0.3) is 0 Å². The molecule has 0 spiro atoms. The number of carbonyl (C=O) groups is 1. The van der Waals surface area contributed by atoms with Crippen molar-refractivity contribution < 1.29 is 13.9 Å². The molecule has 0 unspecified atom stereocenters. The number of rotatable bonds is 9. The number of anilines is 1. The molecule has 0 saturated heterocycles. The van der Waals surface area contributed by atoms with Gasteiger partial charge in [-0.3, -0.25) is 9.36 Å². The van der Waals surface area contributed by atoms with Crippen LogP contribution in [0.15, 0.2) is 76.5 Å². The molecule has 0 radical (unpaired) electrons. The van der Waals surface area contributed by atoms with Crippen LogP contribution in [0.5, 0.6) is 5.75 Å². The van der Waals surface area contributed by atoms with E-state index in [-0.39, 0.29) is 11.7 Å². The predicted octanol–water partition coefficient (Wildman–Crippen LogP) is 5.78. The van der Waals surface area contributed by atoms with Crippen molar-refractivity contribution in [2.24, 2.45) is 0 Å². The number of thioether (sulfide) groups is 1. The number of furan rings is 1. The van der Waals surface area contributed by atoms with Gasteiger partial charge in [0.05, 0.1) is 24.8 Å². The summed E-state index contributed by atoms with van der Waals surface area (Å²) in [6.45, 7) is 4.36. The largest absolute Gasteiger partial charge is 0.497 e. The molecule has 8 heteroatoms. The monoisotopic (exact) mass is 462 g/mol. The van der Waals surface area contributed by atoms with Crippen molar-refractivity contribution >= 4 is 23.4 Å². The Kier molecular flexibility index (Phi) is 7.14. The van der Waals surface area contributed by atoms with E-state index < -0.39 is 0 Å². The second-order valence-corrected chi connectivity index (χ2v) is 8.53. The second kappa shape index (κ2) is 10.4. The average molecular weight is 463 g/mol. The molecule has 0 aliphatic heterocycles. The van der Waals surface area contributed by atoms with E-state index in [1.807, 2.05) is 47.0 Å². The Morgan fingerprint density at radius 1 is 1.12 bits per heavy atom. The van der Waals surface area contributed by atoms with Crippen LogP contribution in [-0.2, 0) is 4.79 Å². The molecular weight excluding hydrogens is 436 g/mol. The maximum Gasteiger partial charge on any atom is 0.234 e. The van der Waals surface area contributed by atoms with Gasteiger partial charge >= 0.3 is 0 Å². The maximum atomic E-state index is 12.6. The Hall–Kier alpha value is -3.52. The lowest BCUT2D eigenvalue weighted by Gasteiger charge is -2.11. The smallest absolute Gasteiger partial charge is 0.234 e. The molecule has 2 aromatic carbocycles. The average Bonchev–Trinajstić information content (AvgIpc) is 3.53. The highest BCUT2D eigenvalue weighted by molar-refractivity contribution is 7.99. The van der Waals surface area contributed by atoms with Crippen molar-refractivity contribution in [3.63, 3.8) is 0 Å². The summed E-state index contributed by atoms with van der Waals surface area (Å²) in [5, 5.41) is 12.2. The van der Waals surface area contributed by atoms with Gasteiger partial charge < -0.3 is 14.5 Å². The molecule has 1 amide bonds. The number of benzene rings is 2. The molecule has 0 aliphatic rings. The van der Waals surface area contributed by atoms with Crippen LogP contribution in [-0.4, -0.2) is 33.5 Å². The zero-order valence-corrected chi connectivity index (χ0v) is 19.6. The van der Waals surface area contributed by atoms with E-state index in [0.717, 1.165) is 23.5 Å². The van der Waals surface area contributed by atoms with Gasteiger partial charge in [0.15, 0.2) is 10.9 Å². The van der Waals surface area contributed by atoms with Gasteiger partial charge in [-0.25, -0.2) is 0 Å². The quantitative estimate of drug-likeness (QED) is 0.318. The first-order valence-electron chi connectivity index (χ1n) is 10.8. The van der Waals surface area contributed by atoms with E-state index >= 15 is 0 Å². The Balaban J connectivity index is 1.50. The molecule has 7 nitrogen and oxygen atoms in total. The molecule has 0 fully saturated rings. The lowest BCUT2D eigenvalue weighted by molar-refractivity contribution is -0.113. The summed E-state index contributed by atoms with van der Waals surface area (Å²) in [5.41, 5.74) is 2.89. The van der Waals surface area contributed by atoms with Crippen molar-refractivity contribution in [2.45, 2.75) is 31.3 Å². The molecule has 1 atom stereocenters. The molecule has 0 bridgehead atoms. The maximum absolute atomic E-state index is 12.6. The molecule has 33 heavy (non-hydrogen) atoms. The highest BCUT2D eigenvalue weighted by Crippen LogP contribution is 2.29. The van der Waals surface area contributed by atoms with Gasteiger partial charge in [-0.15, -0.1) is 10.2 Å². The lowest BCUT2D eigenvalue weighted by atomic mass is 9.99. The fourth-order valence-corrected chi connectivity index (χ4v) is 4.10. The van der Waals surface area contributed by atoms with Crippen molar-refractivity contribution in [1.29, 1.82) is 0 Å².